The van der Waals surface area contributed by atoms with E-state index in [1.165, 1.54) is 4.90 Å². The third kappa shape index (κ3) is 1.96. The molecular formula is C12H15F2NO. The number of rotatable bonds is 1. The fourth-order valence-corrected chi connectivity index (χ4v) is 1.84. The molecule has 0 bridgehead atoms. The maximum Gasteiger partial charge on any atom is 0.415 e. The van der Waals surface area contributed by atoms with Gasteiger partial charge in [-0.25, -0.2) is 0 Å². The molecule has 0 aromatic heterocycles. The first kappa shape index (κ1) is 11.2. The maximum atomic E-state index is 13.2. The molecule has 16 heavy (non-hydrogen) atoms. The number of ether oxygens (including phenoxy) is 1. The normalized spacial score (nSPS) is 18.2. The van der Waals surface area contributed by atoms with Gasteiger partial charge < -0.3 is 9.64 Å². The van der Waals surface area contributed by atoms with Gasteiger partial charge >= 0.3 is 6.11 Å². The van der Waals surface area contributed by atoms with Crippen molar-refractivity contribution in [2.24, 2.45) is 0 Å². The Kier molecular flexibility index (Phi) is 2.52. The molecule has 0 amide bonds. The smallest absolute Gasteiger partial charge is 0.415 e. The Morgan fingerprint density at radius 2 is 2.06 bits per heavy atom. The minimum absolute atomic E-state index is 0.268. The van der Waals surface area contributed by atoms with Crippen molar-refractivity contribution in [1.82, 2.24) is 0 Å². The highest BCUT2D eigenvalue weighted by Crippen LogP contribution is 2.39. The summed E-state index contributed by atoms with van der Waals surface area (Å²) in [6.45, 7) is 3.64. The summed E-state index contributed by atoms with van der Waals surface area (Å²) in [5.41, 5.74) is 1.72. The van der Waals surface area contributed by atoms with E-state index < -0.39 is 12.7 Å². The molecule has 0 spiro atoms. The van der Waals surface area contributed by atoms with Gasteiger partial charge in [-0.15, -0.1) is 0 Å². The largest absolute Gasteiger partial charge is 0.429 e. The van der Waals surface area contributed by atoms with Gasteiger partial charge in [0.2, 0.25) is 0 Å². The average molecular weight is 227 g/mol. The van der Waals surface area contributed by atoms with Crippen LogP contribution in [0, 0.1) is 0 Å². The summed E-state index contributed by atoms with van der Waals surface area (Å²) >= 11 is 0. The summed E-state index contributed by atoms with van der Waals surface area (Å²) < 4.78 is 31.1. The van der Waals surface area contributed by atoms with E-state index in [-0.39, 0.29) is 5.75 Å². The van der Waals surface area contributed by atoms with Crippen LogP contribution in [-0.4, -0.2) is 19.7 Å². The summed E-state index contributed by atoms with van der Waals surface area (Å²) in [7, 11) is 1.64. The second kappa shape index (κ2) is 3.61. The number of hydrogen-bond donors (Lipinski definition) is 0. The van der Waals surface area contributed by atoms with Crippen LogP contribution in [0.2, 0.25) is 0 Å². The maximum absolute atomic E-state index is 13.2. The lowest BCUT2D eigenvalue weighted by molar-refractivity contribution is -0.171. The van der Waals surface area contributed by atoms with E-state index in [4.69, 9.17) is 4.74 Å². The predicted octanol–water partition coefficient (Wildman–Crippen LogP) is 3.23. The molecule has 1 heterocycles. The molecule has 0 fully saturated rings. The third-order valence-corrected chi connectivity index (χ3v) is 2.74. The molecule has 2 nitrogen and oxygen atoms in total. The summed E-state index contributed by atoms with van der Waals surface area (Å²) in [4.78, 5) is 1.52. The number of fused-ring (bicyclic) bond motifs is 1. The van der Waals surface area contributed by atoms with Crippen LogP contribution in [-0.2, 0) is 0 Å². The number of halogens is 2. The first-order valence-corrected chi connectivity index (χ1v) is 5.31. The second-order valence-electron chi connectivity index (χ2n) is 4.48. The lowest BCUT2D eigenvalue weighted by Gasteiger charge is -2.33. The van der Waals surface area contributed by atoms with Crippen molar-refractivity contribution < 1.29 is 13.5 Å². The number of likely N-dealkylation sites (N-methyl/N-ethyl adjacent to an activating group) is 1. The van der Waals surface area contributed by atoms with Crippen LogP contribution >= 0.6 is 0 Å². The highest BCUT2D eigenvalue weighted by molar-refractivity contribution is 5.61. The first-order chi connectivity index (χ1) is 7.39. The molecular weight excluding hydrogens is 212 g/mol. The Balaban J connectivity index is 2.42. The lowest BCUT2D eigenvalue weighted by atomic mass is 10.0. The van der Waals surface area contributed by atoms with Gasteiger partial charge in [-0.2, -0.15) is 8.78 Å². The molecule has 4 heteroatoms. The van der Waals surface area contributed by atoms with Gasteiger partial charge in [0.1, 0.15) is 12.3 Å². The van der Waals surface area contributed by atoms with Gasteiger partial charge in [0.25, 0.3) is 0 Å². The van der Waals surface area contributed by atoms with Crippen LogP contribution < -0.4 is 9.64 Å². The van der Waals surface area contributed by atoms with Crippen LogP contribution in [0.1, 0.15) is 25.3 Å². The van der Waals surface area contributed by atoms with E-state index >= 15 is 0 Å². The van der Waals surface area contributed by atoms with E-state index in [1.54, 1.807) is 13.1 Å². The predicted molar refractivity (Wildman–Crippen MR) is 59.4 cm³/mol. The van der Waals surface area contributed by atoms with Crippen molar-refractivity contribution in [1.29, 1.82) is 0 Å². The van der Waals surface area contributed by atoms with Crippen LogP contribution in [0.15, 0.2) is 18.2 Å². The monoisotopic (exact) mass is 227 g/mol. The van der Waals surface area contributed by atoms with Gasteiger partial charge in [0, 0.05) is 7.05 Å². The molecule has 0 saturated carbocycles. The fraction of sp³-hybridized carbons (Fsp3) is 0.500. The van der Waals surface area contributed by atoms with Crippen molar-refractivity contribution in [3.8, 4) is 5.75 Å². The molecule has 0 N–H and O–H groups in total. The van der Waals surface area contributed by atoms with Gasteiger partial charge in [-0.05, 0) is 23.6 Å². The summed E-state index contributed by atoms with van der Waals surface area (Å²) in [5, 5.41) is 0. The van der Waals surface area contributed by atoms with Gasteiger partial charge in [0.05, 0.1) is 5.69 Å². The number of nitrogens with zero attached hydrogens (tertiary/aromatic N) is 1. The van der Waals surface area contributed by atoms with E-state index in [9.17, 15) is 8.78 Å². The van der Waals surface area contributed by atoms with E-state index in [2.05, 4.69) is 0 Å². The minimum Gasteiger partial charge on any atom is -0.429 e. The Labute approximate surface area is 93.8 Å². The molecule has 0 unspecified atom stereocenters. The molecule has 1 aliphatic heterocycles. The van der Waals surface area contributed by atoms with E-state index in [1.807, 2.05) is 26.0 Å². The summed E-state index contributed by atoms with van der Waals surface area (Å²) in [6, 6.07) is 5.48. The molecule has 1 aromatic carbocycles. The molecule has 0 saturated heterocycles. The van der Waals surface area contributed by atoms with Gasteiger partial charge in [-0.1, -0.05) is 19.9 Å². The number of anilines is 1. The molecule has 1 aromatic rings. The average Bonchev–Trinajstić information content (AvgIpc) is 2.14. The zero-order valence-electron chi connectivity index (χ0n) is 9.63. The number of hydrogen-bond acceptors (Lipinski definition) is 2. The summed E-state index contributed by atoms with van der Waals surface area (Å²) in [6.07, 6.45) is -3.10. The SMILES string of the molecule is CC(C)c1ccc2c(c1)OC(F)(F)CN2C. The first-order valence-electron chi connectivity index (χ1n) is 5.31. The zero-order chi connectivity index (χ0) is 11.9. The Hall–Kier alpha value is -1.32. The third-order valence-electron chi connectivity index (χ3n) is 2.74. The van der Waals surface area contributed by atoms with Crippen molar-refractivity contribution in [3.63, 3.8) is 0 Å². The number of benzene rings is 1. The van der Waals surface area contributed by atoms with Crippen molar-refractivity contribution in [2.75, 3.05) is 18.5 Å². The highest BCUT2D eigenvalue weighted by atomic mass is 19.3. The zero-order valence-corrected chi connectivity index (χ0v) is 9.63. The second-order valence-corrected chi connectivity index (χ2v) is 4.48. The molecule has 0 aliphatic carbocycles. The quantitative estimate of drug-likeness (QED) is 0.730. The van der Waals surface area contributed by atoms with Crippen LogP contribution in [0.5, 0.6) is 5.75 Å². The summed E-state index contributed by atoms with van der Waals surface area (Å²) in [5.74, 6) is 0.569. The lowest BCUT2D eigenvalue weighted by Crippen LogP contribution is -2.43. The standard InChI is InChI=1S/C12H15F2NO/c1-8(2)9-4-5-10-11(6-9)16-12(13,14)7-15(10)3/h4-6,8H,7H2,1-3H3. The van der Waals surface area contributed by atoms with Gasteiger partial charge in [-0.3, -0.25) is 0 Å². The van der Waals surface area contributed by atoms with Crippen molar-refractivity contribution in [2.45, 2.75) is 25.9 Å². The topological polar surface area (TPSA) is 12.5 Å². The molecule has 2 rings (SSSR count). The number of alkyl halides is 2. The van der Waals surface area contributed by atoms with Crippen LogP contribution in [0.4, 0.5) is 14.5 Å². The van der Waals surface area contributed by atoms with Crippen LogP contribution in [0.3, 0.4) is 0 Å². The molecule has 88 valence electrons. The molecule has 0 atom stereocenters. The van der Waals surface area contributed by atoms with Crippen LogP contribution in [0.25, 0.3) is 0 Å². The minimum atomic E-state index is -3.10. The molecule has 0 radical (unpaired) electrons. The van der Waals surface area contributed by atoms with E-state index in [0.29, 0.717) is 5.92 Å². The van der Waals surface area contributed by atoms with Gasteiger partial charge in [0.15, 0.2) is 0 Å². The Bertz CT molecular complexity index is 404. The Morgan fingerprint density at radius 3 is 2.69 bits per heavy atom. The van der Waals surface area contributed by atoms with Crippen molar-refractivity contribution in [3.05, 3.63) is 23.8 Å². The molecule has 1 aliphatic rings. The Morgan fingerprint density at radius 1 is 1.38 bits per heavy atom. The van der Waals surface area contributed by atoms with E-state index in [0.717, 1.165) is 11.3 Å². The fourth-order valence-electron chi connectivity index (χ4n) is 1.84. The van der Waals surface area contributed by atoms with Crippen molar-refractivity contribution >= 4 is 5.69 Å². The highest BCUT2D eigenvalue weighted by Gasteiger charge is 2.39.